The molecule has 1 aliphatic rings. The van der Waals surface area contributed by atoms with Crippen LogP contribution in [0.2, 0.25) is 0 Å². The lowest BCUT2D eigenvalue weighted by Crippen LogP contribution is -2.35. The van der Waals surface area contributed by atoms with Crippen molar-refractivity contribution in [2.24, 2.45) is 13.0 Å². The fraction of sp³-hybridized carbons (Fsp3) is 0.412. The fourth-order valence-electron chi connectivity index (χ4n) is 3.14. The van der Waals surface area contributed by atoms with E-state index in [1.165, 1.54) is 0 Å². The Hall–Kier alpha value is -1.66. The highest BCUT2D eigenvalue weighted by molar-refractivity contribution is 9.10. The second kappa shape index (κ2) is 6.84. The Morgan fingerprint density at radius 1 is 1.39 bits per heavy atom. The molecule has 0 saturated carbocycles. The molecule has 2 heterocycles. The zero-order chi connectivity index (χ0) is 16.4. The first-order chi connectivity index (χ1) is 11.0. The summed E-state index contributed by atoms with van der Waals surface area (Å²) in [6.45, 7) is 2.18. The average Bonchev–Trinajstić information content (AvgIpc) is 3.17. The lowest BCUT2D eigenvalue weighted by Gasteiger charge is -2.24. The smallest absolute Gasteiger partial charge is 0.227 e. The number of aromatic nitrogens is 2. The van der Waals surface area contributed by atoms with Crippen LogP contribution < -0.4 is 5.32 Å². The zero-order valence-corrected chi connectivity index (χ0v) is 15.0. The number of hydrogen-bond donors (Lipinski definition) is 1. The van der Waals surface area contributed by atoms with Gasteiger partial charge in [0.05, 0.1) is 12.1 Å². The van der Waals surface area contributed by atoms with Gasteiger partial charge in [0, 0.05) is 50.3 Å². The van der Waals surface area contributed by atoms with E-state index in [1.54, 1.807) is 4.68 Å². The molecule has 2 atom stereocenters. The van der Waals surface area contributed by atoms with E-state index in [0.717, 1.165) is 28.7 Å². The molecular formula is C17H21BrN4O. The second-order valence-corrected chi connectivity index (χ2v) is 7.06. The molecule has 0 spiro atoms. The van der Waals surface area contributed by atoms with Gasteiger partial charge in [-0.15, -0.1) is 0 Å². The Bertz CT molecular complexity index is 682. The summed E-state index contributed by atoms with van der Waals surface area (Å²) >= 11 is 3.43. The highest BCUT2D eigenvalue weighted by Gasteiger charge is 2.36. The zero-order valence-electron chi connectivity index (χ0n) is 13.4. The molecule has 1 N–H and O–H groups in total. The molecule has 1 aromatic carbocycles. The van der Waals surface area contributed by atoms with Gasteiger partial charge in [0.1, 0.15) is 0 Å². The number of amides is 1. The number of hydrogen-bond acceptors (Lipinski definition) is 3. The van der Waals surface area contributed by atoms with Crippen molar-refractivity contribution in [3.8, 4) is 0 Å². The van der Waals surface area contributed by atoms with Crippen LogP contribution in [0.25, 0.3) is 0 Å². The number of rotatable bonds is 4. The van der Waals surface area contributed by atoms with Crippen LogP contribution in [0.4, 0.5) is 0 Å². The third-order valence-electron chi connectivity index (χ3n) is 4.39. The van der Waals surface area contributed by atoms with Gasteiger partial charge in [-0.2, -0.15) is 5.10 Å². The van der Waals surface area contributed by atoms with Crippen LogP contribution in [-0.2, 0) is 18.4 Å². The number of halogens is 1. The summed E-state index contributed by atoms with van der Waals surface area (Å²) in [5.74, 6) is 0.356. The van der Waals surface area contributed by atoms with Gasteiger partial charge >= 0.3 is 0 Å². The third kappa shape index (κ3) is 3.64. The van der Waals surface area contributed by atoms with Crippen LogP contribution >= 0.6 is 15.9 Å². The maximum atomic E-state index is 12.9. The Morgan fingerprint density at radius 3 is 2.78 bits per heavy atom. The minimum Gasteiger partial charge on any atom is -0.341 e. The number of nitrogens with zero attached hydrogens (tertiary/aromatic N) is 3. The summed E-state index contributed by atoms with van der Waals surface area (Å²) in [4.78, 5) is 14.7. The standard InChI is InChI=1S/C17H21BrN4O/c1-21(10-12-3-5-14(18)6-4-12)17(23)16-9-19-8-15(16)13-7-20-22(2)11-13/h3-7,11,15-16,19H,8-10H2,1-2H3/t15-,16+/m1/s1. The van der Waals surface area contributed by atoms with Crippen molar-refractivity contribution in [2.75, 3.05) is 20.1 Å². The summed E-state index contributed by atoms with van der Waals surface area (Å²) in [5.41, 5.74) is 2.26. The predicted octanol–water partition coefficient (Wildman–Crippen LogP) is 2.14. The van der Waals surface area contributed by atoms with E-state index in [1.807, 2.05) is 55.7 Å². The highest BCUT2D eigenvalue weighted by atomic mass is 79.9. The maximum Gasteiger partial charge on any atom is 0.227 e. The summed E-state index contributed by atoms with van der Waals surface area (Å²) in [7, 11) is 3.78. The molecule has 1 saturated heterocycles. The first-order valence-corrected chi connectivity index (χ1v) is 8.52. The molecule has 23 heavy (non-hydrogen) atoms. The molecule has 0 unspecified atom stereocenters. The SMILES string of the molecule is CN(Cc1ccc(Br)cc1)C(=O)[C@H]1CNC[C@@H]1c1cnn(C)c1. The van der Waals surface area contributed by atoms with Gasteiger partial charge in [-0.25, -0.2) is 0 Å². The molecule has 5 nitrogen and oxygen atoms in total. The molecule has 1 aliphatic heterocycles. The van der Waals surface area contributed by atoms with Gasteiger partial charge in [-0.1, -0.05) is 28.1 Å². The molecule has 0 aliphatic carbocycles. The summed E-state index contributed by atoms with van der Waals surface area (Å²) in [5, 5.41) is 7.58. The van der Waals surface area contributed by atoms with E-state index in [-0.39, 0.29) is 17.7 Å². The number of nitrogens with one attached hydrogen (secondary N) is 1. The van der Waals surface area contributed by atoms with Crippen molar-refractivity contribution in [1.82, 2.24) is 20.0 Å². The summed E-state index contributed by atoms with van der Waals surface area (Å²) < 4.78 is 2.84. The van der Waals surface area contributed by atoms with Gasteiger partial charge < -0.3 is 10.2 Å². The van der Waals surface area contributed by atoms with E-state index in [4.69, 9.17) is 0 Å². The Morgan fingerprint density at radius 2 is 2.13 bits per heavy atom. The Kier molecular flexibility index (Phi) is 4.82. The Labute approximate surface area is 144 Å². The molecule has 122 valence electrons. The maximum absolute atomic E-state index is 12.9. The molecule has 0 bridgehead atoms. The van der Waals surface area contributed by atoms with E-state index in [2.05, 4.69) is 26.3 Å². The van der Waals surface area contributed by atoms with Crippen molar-refractivity contribution >= 4 is 21.8 Å². The highest BCUT2D eigenvalue weighted by Crippen LogP contribution is 2.29. The number of aryl methyl sites for hydroxylation is 1. The van der Waals surface area contributed by atoms with Crippen LogP contribution in [-0.4, -0.2) is 40.7 Å². The number of carbonyl (C=O) groups excluding carboxylic acids is 1. The third-order valence-corrected chi connectivity index (χ3v) is 4.92. The van der Waals surface area contributed by atoms with Crippen molar-refractivity contribution in [2.45, 2.75) is 12.5 Å². The van der Waals surface area contributed by atoms with Gasteiger partial charge in [0.15, 0.2) is 0 Å². The van der Waals surface area contributed by atoms with Crippen molar-refractivity contribution in [1.29, 1.82) is 0 Å². The van der Waals surface area contributed by atoms with Crippen LogP contribution in [0.5, 0.6) is 0 Å². The van der Waals surface area contributed by atoms with Gasteiger partial charge in [-0.05, 0) is 23.3 Å². The summed E-state index contributed by atoms with van der Waals surface area (Å²) in [6, 6.07) is 8.09. The molecular weight excluding hydrogens is 356 g/mol. The van der Waals surface area contributed by atoms with E-state index in [9.17, 15) is 4.79 Å². The fourth-order valence-corrected chi connectivity index (χ4v) is 3.41. The largest absolute Gasteiger partial charge is 0.341 e. The molecule has 6 heteroatoms. The van der Waals surface area contributed by atoms with Gasteiger partial charge in [-0.3, -0.25) is 9.48 Å². The molecule has 0 radical (unpaired) electrons. The van der Waals surface area contributed by atoms with E-state index < -0.39 is 0 Å². The van der Waals surface area contributed by atoms with E-state index >= 15 is 0 Å². The van der Waals surface area contributed by atoms with Crippen molar-refractivity contribution < 1.29 is 4.79 Å². The Balaban J connectivity index is 1.69. The predicted molar refractivity (Wildman–Crippen MR) is 92.9 cm³/mol. The molecule has 2 aromatic rings. The lowest BCUT2D eigenvalue weighted by molar-refractivity contribution is -0.134. The monoisotopic (exact) mass is 376 g/mol. The van der Waals surface area contributed by atoms with Crippen LogP contribution in [0.1, 0.15) is 17.0 Å². The van der Waals surface area contributed by atoms with E-state index in [0.29, 0.717) is 6.54 Å². The quantitative estimate of drug-likeness (QED) is 0.889. The minimum absolute atomic E-state index is 0.0281. The lowest BCUT2D eigenvalue weighted by atomic mass is 9.90. The normalized spacial score (nSPS) is 20.7. The van der Waals surface area contributed by atoms with Gasteiger partial charge in [0.2, 0.25) is 5.91 Å². The molecule has 3 rings (SSSR count). The summed E-state index contributed by atoms with van der Waals surface area (Å²) in [6.07, 6.45) is 3.87. The average molecular weight is 377 g/mol. The van der Waals surface area contributed by atoms with Crippen molar-refractivity contribution in [3.63, 3.8) is 0 Å². The van der Waals surface area contributed by atoms with Crippen molar-refractivity contribution in [3.05, 3.63) is 52.3 Å². The molecule has 1 aromatic heterocycles. The van der Waals surface area contributed by atoms with Gasteiger partial charge in [0.25, 0.3) is 0 Å². The second-order valence-electron chi connectivity index (χ2n) is 6.14. The number of benzene rings is 1. The first-order valence-electron chi connectivity index (χ1n) is 7.73. The van der Waals surface area contributed by atoms with Crippen LogP contribution in [0.15, 0.2) is 41.1 Å². The minimum atomic E-state index is -0.0281. The first kappa shape index (κ1) is 16.2. The number of carbonyl (C=O) groups is 1. The van der Waals surface area contributed by atoms with Crippen LogP contribution in [0.3, 0.4) is 0 Å². The van der Waals surface area contributed by atoms with Crippen LogP contribution in [0, 0.1) is 5.92 Å². The topological polar surface area (TPSA) is 50.2 Å². The molecule has 1 fully saturated rings. The molecule has 1 amide bonds.